The van der Waals surface area contributed by atoms with Gasteiger partial charge in [0, 0.05) is 18.7 Å². The number of aromatic nitrogens is 1. The van der Waals surface area contributed by atoms with Crippen molar-refractivity contribution in [2.75, 3.05) is 20.6 Å². The Labute approximate surface area is 77.9 Å². The molecule has 0 fully saturated rings. The average Bonchev–Trinajstić information content (AvgIpc) is 2.49. The Hall–Kier alpha value is -0.870. The third kappa shape index (κ3) is 1.59. The van der Waals surface area contributed by atoms with E-state index in [0.717, 1.165) is 37.5 Å². The van der Waals surface area contributed by atoms with Gasteiger partial charge in [-0.2, -0.15) is 0 Å². The molecule has 1 aromatic heterocycles. The molecule has 0 aromatic carbocycles. The molecule has 4 heteroatoms. The number of nitrogens with zero attached hydrogens (tertiary/aromatic N) is 2. The standard InChI is InChI=1S/C9H15N3O/c1-10-5-9-7-3-4-12(2)6-8(7)11-13-9/h10H,3-6H2,1-2H3. The third-order valence-electron chi connectivity index (χ3n) is 2.45. The molecule has 1 aliphatic heterocycles. The van der Waals surface area contributed by atoms with Gasteiger partial charge in [0.15, 0.2) is 5.76 Å². The molecule has 0 atom stereocenters. The molecule has 1 N–H and O–H groups in total. The monoisotopic (exact) mass is 181 g/mol. The lowest BCUT2D eigenvalue weighted by atomic mass is 10.1. The number of nitrogens with one attached hydrogen (secondary N) is 1. The summed E-state index contributed by atoms with van der Waals surface area (Å²) in [4.78, 5) is 2.26. The van der Waals surface area contributed by atoms with Crippen molar-refractivity contribution in [1.82, 2.24) is 15.4 Å². The van der Waals surface area contributed by atoms with Crippen molar-refractivity contribution in [1.29, 1.82) is 0 Å². The first kappa shape index (κ1) is 8.72. The maximum Gasteiger partial charge on any atom is 0.154 e. The van der Waals surface area contributed by atoms with Crippen molar-refractivity contribution < 1.29 is 4.52 Å². The summed E-state index contributed by atoms with van der Waals surface area (Å²) in [6.07, 6.45) is 1.06. The van der Waals surface area contributed by atoms with Gasteiger partial charge >= 0.3 is 0 Å². The molecule has 0 saturated heterocycles. The zero-order valence-corrected chi connectivity index (χ0v) is 8.13. The highest BCUT2D eigenvalue weighted by Crippen LogP contribution is 2.20. The predicted octanol–water partition coefficient (Wildman–Crippen LogP) is 0.382. The molecule has 0 spiro atoms. The second-order valence-corrected chi connectivity index (χ2v) is 3.55. The lowest BCUT2D eigenvalue weighted by Crippen LogP contribution is -2.26. The molecule has 2 heterocycles. The van der Waals surface area contributed by atoms with Crippen molar-refractivity contribution >= 4 is 0 Å². The van der Waals surface area contributed by atoms with Gasteiger partial charge in [0.2, 0.25) is 0 Å². The van der Waals surface area contributed by atoms with E-state index in [1.807, 2.05) is 7.05 Å². The maximum absolute atomic E-state index is 5.27. The molecule has 4 nitrogen and oxygen atoms in total. The first-order chi connectivity index (χ1) is 6.31. The van der Waals surface area contributed by atoms with Gasteiger partial charge in [-0.15, -0.1) is 0 Å². The SMILES string of the molecule is CNCc1onc2c1CCN(C)C2. The molecule has 0 bridgehead atoms. The van der Waals surface area contributed by atoms with E-state index in [2.05, 4.69) is 22.4 Å². The molecular formula is C9H15N3O. The van der Waals surface area contributed by atoms with E-state index in [-0.39, 0.29) is 0 Å². The Morgan fingerprint density at radius 1 is 1.62 bits per heavy atom. The molecule has 1 aromatic rings. The Morgan fingerprint density at radius 3 is 3.23 bits per heavy atom. The maximum atomic E-state index is 5.27. The van der Waals surface area contributed by atoms with Gasteiger partial charge in [-0.25, -0.2) is 0 Å². The fourth-order valence-corrected chi connectivity index (χ4v) is 1.73. The van der Waals surface area contributed by atoms with E-state index in [4.69, 9.17) is 4.52 Å². The van der Waals surface area contributed by atoms with Crippen molar-refractivity contribution in [2.45, 2.75) is 19.5 Å². The molecular weight excluding hydrogens is 166 g/mol. The van der Waals surface area contributed by atoms with E-state index in [1.165, 1.54) is 5.56 Å². The first-order valence-corrected chi connectivity index (χ1v) is 4.60. The highest BCUT2D eigenvalue weighted by atomic mass is 16.5. The molecule has 0 saturated carbocycles. The van der Waals surface area contributed by atoms with E-state index in [0.29, 0.717) is 0 Å². The smallest absolute Gasteiger partial charge is 0.154 e. The number of likely N-dealkylation sites (N-methyl/N-ethyl adjacent to an activating group) is 1. The molecule has 0 amide bonds. The second-order valence-electron chi connectivity index (χ2n) is 3.55. The number of fused-ring (bicyclic) bond motifs is 1. The zero-order chi connectivity index (χ0) is 9.26. The Bertz CT molecular complexity index is 282. The van der Waals surface area contributed by atoms with Crippen molar-refractivity contribution in [2.24, 2.45) is 0 Å². The third-order valence-corrected chi connectivity index (χ3v) is 2.45. The van der Waals surface area contributed by atoms with Crippen LogP contribution in [0.5, 0.6) is 0 Å². The Balaban J connectivity index is 2.23. The van der Waals surface area contributed by atoms with Crippen LogP contribution in [0.3, 0.4) is 0 Å². The lowest BCUT2D eigenvalue weighted by Gasteiger charge is -2.20. The minimum Gasteiger partial charge on any atom is -0.359 e. The zero-order valence-electron chi connectivity index (χ0n) is 8.13. The van der Waals surface area contributed by atoms with Crippen LogP contribution in [0.1, 0.15) is 17.0 Å². The number of hydrogen-bond donors (Lipinski definition) is 1. The molecule has 0 unspecified atom stereocenters. The molecule has 0 radical (unpaired) electrons. The van der Waals surface area contributed by atoms with Gasteiger partial charge < -0.3 is 14.7 Å². The van der Waals surface area contributed by atoms with Gasteiger partial charge in [-0.05, 0) is 20.5 Å². The van der Waals surface area contributed by atoms with Crippen molar-refractivity contribution in [3.05, 3.63) is 17.0 Å². The fourth-order valence-electron chi connectivity index (χ4n) is 1.73. The molecule has 0 aliphatic carbocycles. The van der Waals surface area contributed by atoms with Crippen LogP contribution in [-0.2, 0) is 19.5 Å². The van der Waals surface area contributed by atoms with Gasteiger partial charge in [-0.3, -0.25) is 0 Å². The first-order valence-electron chi connectivity index (χ1n) is 4.60. The lowest BCUT2D eigenvalue weighted by molar-refractivity contribution is 0.301. The quantitative estimate of drug-likeness (QED) is 0.716. The summed E-state index contributed by atoms with van der Waals surface area (Å²) in [5, 5.41) is 7.15. The van der Waals surface area contributed by atoms with Crippen molar-refractivity contribution in [3.8, 4) is 0 Å². The van der Waals surface area contributed by atoms with Crippen LogP contribution < -0.4 is 5.32 Å². The van der Waals surface area contributed by atoms with Gasteiger partial charge in [0.05, 0.1) is 6.54 Å². The Kier molecular flexibility index (Phi) is 2.33. The summed E-state index contributed by atoms with van der Waals surface area (Å²) >= 11 is 0. The van der Waals surface area contributed by atoms with E-state index in [9.17, 15) is 0 Å². The number of hydrogen-bond acceptors (Lipinski definition) is 4. The van der Waals surface area contributed by atoms with Crippen LogP contribution in [0.15, 0.2) is 4.52 Å². The second kappa shape index (κ2) is 3.47. The van der Waals surface area contributed by atoms with E-state index < -0.39 is 0 Å². The van der Waals surface area contributed by atoms with Crippen LogP contribution in [0.2, 0.25) is 0 Å². The highest BCUT2D eigenvalue weighted by Gasteiger charge is 2.20. The Morgan fingerprint density at radius 2 is 2.46 bits per heavy atom. The van der Waals surface area contributed by atoms with Gasteiger partial charge in [0.1, 0.15) is 5.69 Å². The minimum atomic E-state index is 0.784. The fraction of sp³-hybridized carbons (Fsp3) is 0.667. The topological polar surface area (TPSA) is 41.3 Å². The minimum absolute atomic E-state index is 0.784. The van der Waals surface area contributed by atoms with E-state index in [1.54, 1.807) is 0 Å². The normalized spacial score (nSPS) is 17.4. The summed E-state index contributed by atoms with van der Waals surface area (Å²) < 4.78 is 5.27. The van der Waals surface area contributed by atoms with Gasteiger partial charge in [0.25, 0.3) is 0 Å². The summed E-state index contributed by atoms with van der Waals surface area (Å²) in [6, 6.07) is 0. The summed E-state index contributed by atoms with van der Waals surface area (Å²) in [5.74, 6) is 1.01. The van der Waals surface area contributed by atoms with E-state index >= 15 is 0 Å². The van der Waals surface area contributed by atoms with Crippen molar-refractivity contribution in [3.63, 3.8) is 0 Å². The molecule has 2 rings (SSSR count). The summed E-state index contributed by atoms with van der Waals surface area (Å²) in [6.45, 7) is 2.81. The predicted molar refractivity (Wildman–Crippen MR) is 49.3 cm³/mol. The molecule has 1 aliphatic rings. The van der Waals surface area contributed by atoms with Crippen LogP contribution in [0.25, 0.3) is 0 Å². The average molecular weight is 181 g/mol. The van der Waals surface area contributed by atoms with Crippen LogP contribution in [-0.4, -0.2) is 30.7 Å². The van der Waals surface area contributed by atoms with Crippen LogP contribution in [0.4, 0.5) is 0 Å². The highest BCUT2D eigenvalue weighted by molar-refractivity contribution is 5.25. The molecule has 72 valence electrons. The van der Waals surface area contributed by atoms with Gasteiger partial charge in [-0.1, -0.05) is 5.16 Å². The van der Waals surface area contributed by atoms with Crippen LogP contribution in [0, 0.1) is 0 Å². The summed E-state index contributed by atoms with van der Waals surface area (Å²) in [7, 11) is 4.03. The molecule has 13 heavy (non-hydrogen) atoms. The summed E-state index contributed by atoms with van der Waals surface area (Å²) in [5.41, 5.74) is 2.42. The number of rotatable bonds is 2. The largest absolute Gasteiger partial charge is 0.359 e. The van der Waals surface area contributed by atoms with Crippen LogP contribution >= 0.6 is 0 Å².